The Kier molecular flexibility index (Phi) is 6.11. The lowest BCUT2D eigenvalue weighted by Gasteiger charge is -2.32. The first-order valence-electron chi connectivity index (χ1n) is 10.8. The van der Waals surface area contributed by atoms with Gasteiger partial charge in [0.25, 0.3) is 0 Å². The molecule has 0 spiro atoms. The van der Waals surface area contributed by atoms with Gasteiger partial charge in [0.2, 0.25) is 0 Å². The number of fused-ring (bicyclic) bond motifs is 1. The van der Waals surface area contributed by atoms with Gasteiger partial charge in [0.05, 0.1) is 12.6 Å². The van der Waals surface area contributed by atoms with Gasteiger partial charge in [-0.25, -0.2) is 23.5 Å². The molecule has 1 aliphatic heterocycles. The van der Waals surface area contributed by atoms with E-state index in [1.165, 1.54) is 11.6 Å². The number of halogens is 1. The van der Waals surface area contributed by atoms with Crippen LogP contribution in [0.3, 0.4) is 0 Å². The fourth-order valence-electron chi connectivity index (χ4n) is 4.33. The summed E-state index contributed by atoms with van der Waals surface area (Å²) in [4.78, 5) is 31.4. The number of urea groups is 1. The quantitative estimate of drug-likeness (QED) is 0.688. The summed E-state index contributed by atoms with van der Waals surface area (Å²) in [6.07, 6.45) is 7.51. The minimum atomic E-state index is -0.618. The lowest BCUT2D eigenvalue weighted by atomic mass is 9.86. The van der Waals surface area contributed by atoms with Gasteiger partial charge >= 0.3 is 12.0 Å². The number of hydrogen-bond donors (Lipinski definition) is 2. The Hall–Kier alpha value is -3.43. The van der Waals surface area contributed by atoms with Crippen LogP contribution in [0.5, 0.6) is 0 Å². The van der Waals surface area contributed by atoms with Crippen LogP contribution in [0, 0.1) is 5.92 Å². The normalized spacial score (nSPS) is 20.7. The number of esters is 1. The van der Waals surface area contributed by atoms with E-state index in [1.807, 2.05) is 6.07 Å². The minimum absolute atomic E-state index is 0.0387. The maximum absolute atomic E-state index is 14.0. The number of allylic oxidation sites excluding steroid dienone is 3. The van der Waals surface area contributed by atoms with Gasteiger partial charge in [0.1, 0.15) is 17.2 Å². The third-order valence-electron chi connectivity index (χ3n) is 5.88. The SMILES string of the molecule is CCOC(=O)c1c(NC(=O)NC)nn2ccc(N3CCCC3C3=CC(F)=CCC3C)nc12. The molecular weight excluding hydrogens is 415 g/mol. The number of amides is 2. The zero-order valence-electron chi connectivity index (χ0n) is 18.4. The summed E-state index contributed by atoms with van der Waals surface area (Å²) in [5, 5.41) is 9.29. The number of ether oxygens (including phenoxy) is 1. The highest BCUT2D eigenvalue weighted by Crippen LogP contribution is 2.36. The Bertz CT molecular complexity index is 1110. The van der Waals surface area contributed by atoms with E-state index < -0.39 is 12.0 Å². The molecule has 0 aromatic carbocycles. The van der Waals surface area contributed by atoms with Gasteiger partial charge in [-0.05, 0) is 55.9 Å². The largest absolute Gasteiger partial charge is 0.462 e. The van der Waals surface area contributed by atoms with Crippen molar-refractivity contribution in [1.82, 2.24) is 19.9 Å². The van der Waals surface area contributed by atoms with E-state index >= 15 is 0 Å². The number of carbonyl (C=O) groups is 2. The molecule has 1 aliphatic carbocycles. The van der Waals surface area contributed by atoms with E-state index in [-0.39, 0.29) is 41.4 Å². The van der Waals surface area contributed by atoms with Crippen molar-refractivity contribution in [2.24, 2.45) is 5.92 Å². The molecule has 0 radical (unpaired) electrons. The molecule has 2 unspecified atom stereocenters. The van der Waals surface area contributed by atoms with Crippen LogP contribution in [-0.2, 0) is 4.74 Å². The average Bonchev–Trinajstić information content (AvgIpc) is 3.39. The molecule has 2 N–H and O–H groups in total. The highest BCUT2D eigenvalue weighted by Gasteiger charge is 2.33. The molecule has 2 atom stereocenters. The molecule has 10 heteroatoms. The van der Waals surface area contributed by atoms with Crippen LogP contribution >= 0.6 is 0 Å². The Labute approximate surface area is 185 Å². The van der Waals surface area contributed by atoms with Gasteiger partial charge in [-0.1, -0.05) is 6.92 Å². The summed E-state index contributed by atoms with van der Waals surface area (Å²) in [6, 6.07) is 1.35. The lowest BCUT2D eigenvalue weighted by molar-refractivity contribution is 0.0529. The van der Waals surface area contributed by atoms with Crippen LogP contribution in [0.2, 0.25) is 0 Å². The van der Waals surface area contributed by atoms with Crippen molar-refractivity contribution in [3.63, 3.8) is 0 Å². The van der Waals surface area contributed by atoms with Gasteiger partial charge in [-0.15, -0.1) is 5.10 Å². The predicted molar refractivity (Wildman–Crippen MR) is 118 cm³/mol. The van der Waals surface area contributed by atoms with Crippen molar-refractivity contribution >= 4 is 29.3 Å². The van der Waals surface area contributed by atoms with Crippen molar-refractivity contribution in [3.8, 4) is 0 Å². The van der Waals surface area contributed by atoms with Crippen molar-refractivity contribution in [3.05, 3.63) is 41.4 Å². The molecule has 1 saturated heterocycles. The second-order valence-electron chi connectivity index (χ2n) is 7.92. The Morgan fingerprint density at radius 1 is 1.38 bits per heavy atom. The van der Waals surface area contributed by atoms with Crippen LogP contribution in [0.1, 0.15) is 43.5 Å². The first-order chi connectivity index (χ1) is 15.4. The number of anilines is 2. The fraction of sp³-hybridized carbons (Fsp3) is 0.455. The van der Waals surface area contributed by atoms with Crippen LogP contribution in [-0.4, -0.2) is 52.8 Å². The highest BCUT2D eigenvalue weighted by atomic mass is 19.1. The molecule has 9 nitrogen and oxygen atoms in total. The number of carbonyl (C=O) groups excluding carboxylic acids is 2. The molecule has 3 heterocycles. The van der Waals surface area contributed by atoms with E-state index in [9.17, 15) is 14.0 Å². The van der Waals surface area contributed by atoms with E-state index in [0.29, 0.717) is 12.2 Å². The topological polar surface area (TPSA) is 101 Å². The molecule has 2 amide bonds. The molecule has 2 aromatic heterocycles. The molecule has 0 bridgehead atoms. The second kappa shape index (κ2) is 8.97. The van der Waals surface area contributed by atoms with Crippen molar-refractivity contribution in [1.29, 1.82) is 0 Å². The van der Waals surface area contributed by atoms with Crippen LogP contribution in [0.25, 0.3) is 5.65 Å². The summed E-state index contributed by atoms with van der Waals surface area (Å²) in [7, 11) is 1.47. The highest BCUT2D eigenvalue weighted by molar-refractivity contribution is 6.04. The van der Waals surface area contributed by atoms with Crippen molar-refractivity contribution < 1.29 is 18.7 Å². The molecule has 0 saturated carbocycles. The van der Waals surface area contributed by atoms with Gasteiger partial charge in [0.15, 0.2) is 11.5 Å². The zero-order valence-corrected chi connectivity index (χ0v) is 18.4. The van der Waals surface area contributed by atoms with Gasteiger partial charge < -0.3 is 15.0 Å². The third-order valence-corrected chi connectivity index (χ3v) is 5.88. The zero-order chi connectivity index (χ0) is 22.8. The fourth-order valence-corrected chi connectivity index (χ4v) is 4.33. The molecule has 32 heavy (non-hydrogen) atoms. The van der Waals surface area contributed by atoms with Gasteiger partial charge in [-0.2, -0.15) is 0 Å². The number of nitrogens with zero attached hydrogens (tertiary/aromatic N) is 4. The molecule has 1 fully saturated rings. The van der Waals surface area contributed by atoms with Crippen LogP contribution in [0.4, 0.5) is 20.8 Å². The smallest absolute Gasteiger partial charge is 0.345 e. The van der Waals surface area contributed by atoms with E-state index in [4.69, 9.17) is 9.72 Å². The summed E-state index contributed by atoms with van der Waals surface area (Å²) >= 11 is 0. The van der Waals surface area contributed by atoms with Crippen molar-refractivity contribution in [2.75, 3.05) is 30.4 Å². The maximum atomic E-state index is 14.0. The predicted octanol–water partition coefficient (Wildman–Crippen LogP) is 3.45. The van der Waals surface area contributed by atoms with Gasteiger partial charge in [-0.3, -0.25) is 5.32 Å². The lowest BCUT2D eigenvalue weighted by Crippen LogP contribution is -2.34. The summed E-state index contributed by atoms with van der Waals surface area (Å²) < 4.78 is 20.6. The molecule has 2 aliphatic rings. The average molecular weight is 442 g/mol. The monoisotopic (exact) mass is 442 g/mol. The van der Waals surface area contributed by atoms with E-state index in [1.54, 1.807) is 25.3 Å². The number of hydrogen-bond acceptors (Lipinski definition) is 6. The molecular formula is C22H27FN6O3. The van der Waals surface area contributed by atoms with Gasteiger partial charge in [0, 0.05) is 19.8 Å². The van der Waals surface area contributed by atoms with Crippen molar-refractivity contribution in [2.45, 2.75) is 39.2 Å². The Balaban J connectivity index is 1.75. The second-order valence-corrected chi connectivity index (χ2v) is 7.92. The van der Waals surface area contributed by atoms with E-state index in [2.05, 4.69) is 27.6 Å². The standard InChI is InChI=1S/C22H27FN6O3/c1-4-32-21(30)18-19(26-22(31)24-3)27-29-11-9-17(25-20(18)29)28-10-5-6-16(28)15-12-14(23)8-7-13(15)2/h8-9,11-13,16H,4-7,10H2,1-3H3,(H2,24,26,27,31). The number of nitrogens with one attached hydrogen (secondary N) is 2. The number of aromatic nitrogens is 3. The summed E-state index contributed by atoms with van der Waals surface area (Å²) in [6.45, 7) is 4.76. The minimum Gasteiger partial charge on any atom is -0.462 e. The summed E-state index contributed by atoms with van der Waals surface area (Å²) in [5.41, 5.74) is 1.44. The first kappa shape index (κ1) is 21.8. The Morgan fingerprint density at radius 2 is 2.19 bits per heavy atom. The van der Waals surface area contributed by atoms with Crippen LogP contribution < -0.4 is 15.5 Å². The third kappa shape index (κ3) is 4.04. The first-order valence-corrected chi connectivity index (χ1v) is 10.8. The number of rotatable bonds is 5. The molecule has 170 valence electrons. The molecule has 4 rings (SSSR count). The van der Waals surface area contributed by atoms with Crippen LogP contribution in [0.15, 0.2) is 35.8 Å². The molecule has 2 aromatic rings. The maximum Gasteiger partial charge on any atom is 0.345 e. The Morgan fingerprint density at radius 3 is 2.94 bits per heavy atom. The van der Waals surface area contributed by atoms with E-state index in [0.717, 1.165) is 25.0 Å². The summed E-state index contributed by atoms with van der Waals surface area (Å²) in [5.74, 6) is 0.171.